The van der Waals surface area contributed by atoms with E-state index in [4.69, 9.17) is 18.9 Å². The largest absolute Gasteiger partial charge is 0.514 e. The van der Waals surface area contributed by atoms with E-state index in [1.54, 1.807) is 20.8 Å². The van der Waals surface area contributed by atoms with Crippen LogP contribution >= 0.6 is 0 Å². The van der Waals surface area contributed by atoms with E-state index in [9.17, 15) is 19.7 Å². The lowest BCUT2D eigenvalue weighted by molar-refractivity contribution is -0.384. The number of non-ortho nitro benzene ring substituents is 1. The summed E-state index contributed by atoms with van der Waals surface area (Å²) in [5.74, 6) is 0.0937. The van der Waals surface area contributed by atoms with E-state index in [2.05, 4.69) is 5.32 Å². The van der Waals surface area contributed by atoms with E-state index in [0.29, 0.717) is 6.54 Å². The summed E-state index contributed by atoms with van der Waals surface area (Å²) in [5.41, 5.74) is -0.828. The minimum Gasteiger partial charge on any atom is -0.429 e. The highest BCUT2D eigenvalue weighted by Gasteiger charge is 2.35. The molecule has 0 aliphatic carbocycles. The van der Waals surface area contributed by atoms with Crippen molar-refractivity contribution < 1.29 is 33.5 Å². The number of hydrogen-bond acceptors (Lipinski definition) is 9. The summed E-state index contributed by atoms with van der Waals surface area (Å²) in [4.78, 5) is 33.6. The first kappa shape index (κ1) is 19.4. The van der Waals surface area contributed by atoms with Crippen molar-refractivity contribution in [2.75, 3.05) is 13.1 Å². The number of nitrogens with zero attached hydrogens (tertiary/aromatic N) is 1. The van der Waals surface area contributed by atoms with Crippen molar-refractivity contribution in [1.82, 2.24) is 5.32 Å². The molecule has 1 aromatic rings. The van der Waals surface area contributed by atoms with Gasteiger partial charge in [-0.3, -0.25) is 10.1 Å². The van der Waals surface area contributed by atoms with Crippen LogP contribution in [0.3, 0.4) is 0 Å². The van der Waals surface area contributed by atoms with Crippen molar-refractivity contribution >= 4 is 18.0 Å². The normalized spacial score (nSPS) is 19.5. The number of benzene rings is 1. The first-order valence-corrected chi connectivity index (χ1v) is 7.87. The van der Waals surface area contributed by atoms with Crippen LogP contribution in [-0.4, -0.2) is 48.1 Å². The standard InChI is InChI=1S/C16H20N2O8/c1-16(2,3)26-15(20)25-13-9-17-8-12(13)24-14(19)23-11-6-4-10(5-7-11)18(21)22/h4-7,12-13,17H,8-9H2,1-3H3/t12-,13-/m0/s1. The minimum absolute atomic E-state index is 0.0937. The van der Waals surface area contributed by atoms with Gasteiger partial charge in [0.1, 0.15) is 11.4 Å². The van der Waals surface area contributed by atoms with Gasteiger partial charge in [-0.25, -0.2) is 9.59 Å². The maximum Gasteiger partial charge on any atom is 0.514 e. The highest BCUT2D eigenvalue weighted by Crippen LogP contribution is 2.19. The first-order chi connectivity index (χ1) is 12.1. The van der Waals surface area contributed by atoms with Crippen LogP contribution in [0.15, 0.2) is 24.3 Å². The molecule has 0 radical (unpaired) electrons. The van der Waals surface area contributed by atoms with Gasteiger partial charge in [-0.1, -0.05) is 0 Å². The molecule has 1 saturated heterocycles. The third kappa shape index (κ3) is 5.88. The molecule has 0 amide bonds. The van der Waals surface area contributed by atoms with Crippen LogP contribution in [0, 0.1) is 10.1 Å². The number of hydrogen-bond donors (Lipinski definition) is 1. The Balaban J connectivity index is 1.87. The lowest BCUT2D eigenvalue weighted by atomic mass is 10.2. The number of ether oxygens (including phenoxy) is 4. The SMILES string of the molecule is CC(C)(C)OC(=O)O[C@H]1CNC[C@@H]1OC(=O)Oc1ccc([N+](=O)[O-])cc1. The Morgan fingerprint density at radius 2 is 1.62 bits per heavy atom. The molecule has 2 atom stereocenters. The summed E-state index contributed by atoms with van der Waals surface area (Å²) in [6.45, 7) is 5.70. The Morgan fingerprint density at radius 1 is 1.08 bits per heavy atom. The van der Waals surface area contributed by atoms with Crippen molar-refractivity contribution in [3.63, 3.8) is 0 Å². The molecule has 1 N–H and O–H groups in total. The molecule has 0 spiro atoms. The van der Waals surface area contributed by atoms with Gasteiger partial charge in [0.25, 0.3) is 5.69 Å². The Kier molecular flexibility index (Phi) is 5.98. The molecule has 142 valence electrons. The van der Waals surface area contributed by atoms with Gasteiger partial charge in [0.2, 0.25) is 0 Å². The van der Waals surface area contributed by atoms with Crippen LogP contribution in [0.4, 0.5) is 15.3 Å². The fraction of sp³-hybridized carbons (Fsp3) is 0.500. The molecule has 0 saturated carbocycles. The third-order valence-corrected chi connectivity index (χ3v) is 3.24. The van der Waals surface area contributed by atoms with E-state index in [0.717, 1.165) is 0 Å². The van der Waals surface area contributed by atoms with Gasteiger partial charge in [0.05, 0.1) is 4.92 Å². The van der Waals surface area contributed by atoms with Gasteiger partial charge < -0.3 is 24.3 Å². The van der Waals surface area contributed by atoms with Crippen LogP contribution in [0.2, 0.25) is 0 Å². The van der Waals surface area contributed by atoms with Crippen LogP contribution in [0.5, 0.6) is 5.75 Å². The van der Waals surface area contributed by atoms with Crippen LogP contribution in [-0.2, 0) is 14.2 Å². The van der Waals surface area contributed by atoms with Crippen LogP contribution < -0.4 is 10.1 Å². The molecule has 10 heteroatoms. The summed E-state index contributed by atoms with van der Waals surface area (Å²) < 4.78 is 20.3. The van der Waals surface area contributed by atoms with Gasteiger partial charge in [0, 0.05) is 25.2 Å². The molecule has 10 nitrogen and oxygen atoms in total. The maximum atomic E-state index is 11.9. The molecular weight excluding hydrogens is 348 g/mol. The second-order valence-electron chi connectivity index (χ2n) is 6.54. The average Bonchev–Trinajstić information content (AvgIpc) is 2.92. The summed E-state index contributed by atoms with van der Waals surface area (Å²) in [6.07, 6.45) is -3.32. The average molecular weight is 368 g/mol. The maximum absolute atomic E-state index is 11.9. The number of nitro benzene ring substituents is 1. The second-order valence-corrected chi connectivity index (χ2v) is 6.54. The molecule has 0 aromatic heterocycles. The number of carbonyl (C=O) groups is 2. The molecule has 1 aromatic carbocycles. The summed E-state index contributed by atoms with van der Waals surface area (Å²) >= 11 is 0. The fourth-order valence-electron chi connectivity index (χ4n) is 2.14. The molecule has 0 unspecified atom stereocenters. The van der Waals surface area contributed by atoms with Crippen molar-refractivity contribution in [2.45, 2.75) is 38.6 Å². The molecular formula is C16H20N2O8. The zero-order chi connectivity index (χ0) is 19.3. The van der Waals surface area contributed by atoms with Gasteiger partial charge in [-0.2, -0.15) is 0 Å². The Hall–Kier alpha value is -2.88. The first-order valence-electron chi connectivity index (χ1n) is 7.87. The van der Waals surface area contributed by atoms with E-state index in [1.807, 2.05) is 0 Å². The molecule has 0 bridgehead atoms. The van der Waals surface area contributed by atoms with E-state index < -0.39 is 35.0 Å². The van der Waals surface area contributed by atoms with Gasteiger partial charge in [-0.15, -0.1) is 0 Å². The van der Waals surface area contributed by atoms with Crippen molar-refractivity contribution in [1.29, 1.82) is 0 Å². The Morgan fingerprint density at radius 3 is 2.12 bits per heavy atom. The van der Waals surface area contributed by atoms with Crippen LogP contribution in [0.1, 0.15) is 20.8 Å². The van der Waals surface area contributed by atoms with Crippen LogP contribution in [0.25, 0.3) is 0 Å². The lowest BCUT2D eigenvalue weighted by Gasteiger charge is -2.23. The number of rotatable bonds is 4. The minimum atomic E-state index is -1.01. The smallest absolute Gasteiger partial charge is 0.429 e. The molecule has 1 aliphatic heterocycles. The highest BCUT2D eigenvalue weighted by molar-refractivity contribution is 5.64. The van der Waals surface area contributed by atoms with Crippen molar-refractivity contribution in [3.05, 3.63) is 34.4 Å². The third-order valence-electron chi connectivity index (χ3n) is 3.24. The predicted octanol–water partition coefficient (Wildman–Crippen LogP) is 2.40. The number of carbonyl (C=O) groups excluding carboxylic acids is 2. The van der Waals surface area contributed by atoms with E-state index in [1.165, 1.54) is 24.3 Å². The summed E-state index contributed by atoms with van der Waals surface area (Å²) in [7, 11) is 0. The second kappa shape index (κ2) is 8.00. The quantitative estimate of drug-likeness (QED) is 0.369. The predicted molar refractivity (Wildman–Crippen MR) is 88.0 cm³/mol. The van der Waals surface area contributed by atoms with E-state index >= 15 is 0 Å². The Labute approximate surface area is 149 Å². The van der Waals surface area contributed by atoms with Crippen molar-refractivity contribution in [2.24, 2.45) is 0 Å². The monoisotopic (exact) mass is 368 g/mol. The van der Waals surface area contributed by atoms with E-state index in [-0.39, 0.29) is 18.0 Å². The van der Waals surface area contributed by atoms with Crippen molar-refractivity contribution in [3.8, 4) is 5.75 Å². The fourth-order valence-corrected chi connectivity index (χ4v) is 2.14. The topological polar surface area (TPSA) is 126 Å². The summed E-state index contributed by atoms with van der Waals surface area (Å²) in [5, 5.41) is 13.5. The van der Waals surface area contributed by atoms with Gasteiger partial charge >= 0.3 is 12.3 Å². The molecule has 1 aliphatic rings. The zero-order valence-corrected chi connectivity index (χ0v) is 14.6. The molecule has 1 heterocycles. The number of nitro groups is 1. The van der Waals surface area contributed by atoms with Gasteiger partial charge in [0.15, 0.2) is 12.2 Å². The van der Waals surface area contributed by atoms with Gasteiger partial charge in [-0.05, 0) is 32.9 Å². The highest BCUT2D eigenvalue weighted by atomic mass is 16.8. The molecule has 1 fully saturated rings. The number of nitrogens with one attached hydrogen (secondary N) is 1. The Bertz CT molecular complexity index is 668. The zero-order valence-electron chi connectivity index (χ0n) is 14.6. The lowest BCUT2D eigenvalue weighted by Crippen LogP contribution is -2.36. The molecule has 26 heavy (non-hydrogen) atoms. The summed E-state index contributed by atoms with van der Waals surface area (Å²) in [6, 6.07) is 4.96. The molecule has 2 rings (SSSR count).